The summed E-state index contributed by atoms with van der Waals surface area (Å²) in [6.45, 7) is 6.80. The van der Waals surface area contributed by atoms with Crippen molar-refractivity contribution >= 4 is 24.5 Å². The Morgan fingerprint density at radius 3 is 2.12 bits per heavy atom. The van der Waals surface area contributed by atoms with Crippen LogP contribution in [-0.2, 0) is 14.3 Å². The lowest BCUT2D eigenvalue weighted by atomic mass is 10.2. The summed E-state index contributed by atoms with van der Waals surface area (Å²) in [5.74, 6) is -0.467. The molecule has 0 aromatic heterocycles. The van der Waals surface area contributed by atoms with Gasteiger partial charge in [-0.2, -0.15) is 0 Å². The van der Waals surface area contributed by atoms with Crippen molar-refractivity contribution in [3.63, 3.8) is 0 Å². The van der Waals surface area contributed by atoms with Crippen LogP contribution < -0.4 is 10.9 Å². The Balaban J connectivity index is 0. The molecular weight excluding hydrogens is 236 g/mol. The molecule has 2 N–H and O–H groups in total. The minimum Gasteiger partial charge on any atom is -0.468 e. The van der Waals surface area contributed by atoms with Crippen LogP contribution in [0.5, 0.6) is 0 Å². The fraction of sp³-hybridized carbons (Fsp3) is 0.778. The molecule has 0 bridgehead atoms. The van der Waals surface area contributed by atoms with Gasteiger partial charge in [-0.25, -0.2) is 10.2 Å². The average Bonchev–Trinajstić information content (AvgIpc) is 2.10. The molecule has 0 aliphatic carbocycles. The maximum Gasteiger partial charge on any atom is 0.422 e. The smallest absolute Gasteiger partial charge is 0.422 e. The van der Waals surface area contributed by atoms with E-state index in [1.54, 1.807) is 27.7 Å². The van der Waals surface area contributed by atoms with E-state index in [2.05, 4.69) is 15.6 Å². The first kappa shape index (κ1) is 17.4. The number of methoxy groups -OCH3 is 1. The number of nitrogens with one attached hydrogen (secondary N) is 2. The van der Waals surface area contributed by atoms with E-state index in [-0.39, 0.29) is 12.4 Å². The Labute approximate surface area is 101 Å². The third-order valence-electron chi connectivity index (χ3n) is 1.34. The van der Waals surface area contributed by atoms with E-state index in [1.807, 2.05) is 0 Å². The molecule has 0 unspecified atom stereocenters. The van der Waals surface area contributed by atoms with Gasteiger partial charge in [-0.3, -0.25) is 10.2 Å². The summed E-state index contributed by atoms with van der Waals surface area (Å²) in [7, 11) is 1.27. The Hall–Kier alpha value is -1.01. The molecule has 0 saturated carbocycles. The number of amides is 1. The molecule has 0 heterocycles. The molecule has 6 nitrogen and oxygen atoms in total. The number of hydrogen-bond donors (Lipinski definition) is 2. The molecule has 0 aromatic carbocycles. The third kappa shape index (κ3) is 8.31. The van der Waals surface area contributed by atoms with E-state index in [0.29, 0.717) is 0 Å². The number of ether oxygens (including phenoxy) is 2. The first-order chi connectivity index (χ1) is 6.76. The number of halogens is 1. The fourth-order valence-corrected chi connectivity index (χ4v) is 0.706. The van der Waals surface area contributed by atoms with E-state index in [4.69, 9.17) is 4.74 Å². The van der Waals surface area contributed by atoms with Gasteiger partial charge in [0.25, 0.3) is 0 Å². The predicted molar refractivity (Wildman–Crippen MR) is 61.2 cm³/mol. The highest BCUT2D eigenvalue weighted by molar-refractivity contribution is 5.85. The van der Waals surface area contributed by atoms with E-state index in [0.717, 1.165) is 0 Å². The van der Waals surface area contributed by atoms with Crippen molar-refractivity contribution in [3.8, 4) is 0 Å². The van der Waals surface area contributed by atoms with Crippen molar-refractivity contribution in [1.29, 1.82) is 0 Å². The summed E-state index contributed by atoms with van der Waals surface area (Å²) >= 11 is 0. The van der Waals surface area contributed by atoms with Crippen molar-refractivity contribution in [2.75, 3.05) is 7.11 Å². The van der Waals surface area contributed by atoms with Gasteiger partial charge in [-0.15, -0.1) is 12.4 Å². The van der Waals surface area contributed by atoms with Crippen molar-refractivity contribution in [1.82, 2.24) is 10.9 Å². The Bertz CT molecular complexity index is 240. The van der Waals surface area contributed by atoms with Gasteiger partial charge in [0.1, 0.15) is 11.6 Å². The van der Waals surface area contributed by atoms with Crippen LogP contribution in [-0.4, -0.2) is 30.8 Å². The molecule has 0 radical (unpaired) electrons. The van der Waals surface area contributed by atoms with Gasteiger partial charge in [0.05, 0.1) is 7.11 Å². The summed E-state index contributed by atoms with van der Waals surface area (Å²) in [4.78, 5) is 22.1. The number of rotatable bonds is 3. The SMILES string of the molecule is COC(=O)[C@H](C)NNC(=O)OC(C)(C)C.Cl. The maximum atomic E-state index is 11.1. The Morgan fingerprint density at radius 1 is 1.25 bits per heavy atom. The van der Waals surface area contributed by atoms with E-state index in [9.17, 15) is 9.59 Å². The summed E-state index contributed by atoms with van der Waals surface area (Å²) in [5, 5.41) is 0. The molecule has 96 valence electrons. The quantitative estimate of drug-likeness (QED) is 0.580. The van der Waals surface area contributed by atoms with Crippen molar-refractivity contribution < 1.29 is 19.1 Å². The summed E-state index contributed by atoms with van der Waals surface area (Å²) in [6, 6.07) is -0.623. The highest BCUT2D eigenvalue weighted by atomic mass is 35.5. The molecule has 0 spiro atoms. The first-order valence-corrected chi connectivity index (χ1v) is 4.58. The number of carbonyl (C=O) groups excluding carboxylic acids is 2. The van der Waals surface area contributed by atoms with Crippen LogP contribution in [0.1, 0.15) is 27.7 Å². The van der Waals surface area contributed by atoms with Crippen LogP contribution in [0.4, 0.5) is 4.79 Å². The average molecular weight is 255 g/mol. The van der Waals surface area contributed by atoms with Gasteiger partial charge >= 0.3 is 12.1 Å². The number of esters is 1. The third-order valence-corrected chi connectivity index (χ3v) is 1.34. The van der Waals surface area contributed by atoms with Gasteiger partial charge in [0.2, 0.25) is 0 Å². The lowest BCUT2D eigenvalue weighted by Crippen LogP contribution is -2.48. The first-order valence-electron chi connectivity index (χ1n) is 4.58. The molecule has 0 saturated heterocycles. The van der Waals surface area contributed by atoms with Gasteiger partial charge < -0.3 is 9.47 Å². The summed E-state index contributed by atoms with van der Waals surface area (Å²) in [5.41, 5.74) is 4.13. The van der Waals surface area contributed by atoms with E-state index >= 15 is 0 Å². The number of carbonyl (C=O) groups is 2. The largest absolute Gasteiger partial charge is 0.468 e. The number of hydrazine groups is 1. The Kier molecular flexibility index (Phi) is 7.93. The zero-order valence-electron chi connectivity index (χ0n) is 10.1. The second-order valence-electron chi connectivity index (χ2n) is 4.02. The normalized spacial score (nSPS) is 12.1. The fourth-order valence-electron chi connectivity index (χ4n) is 0.706. The van der Waals surface area contributed by atoms with E-state index in [1.165, 1.54) is 7.11 Å². The van der Waals surface area contributed by atoms with Crippen LogP contribution in [0.25, 0.3) is 0 Å². The monoisotopic (exact) mass is 254 g/mol. The van der Waals surface area contributed by atoms with Crippen molar-refractivity contribution in [2.24, 2.45) is 0 Å². The lowest BCUT2D eigenvalue weighted by molar-refractivity contribution is -0.142. The van der Waals surface area contributed by atoms with Crippen LogP contribution in [0.2, 0.25) is 0 Å². The topological polar surface area (TPSA) is 76.7 Å². The lowest BCUT2D eigenvalue weighted by Gasteiger charge is -2.20. The summed E-state index contributed by atoms with van der Waals surface area (Å²) < 4.78 is 9.39. The maximum absolute atomic E-state index is 11.1. The molecule has 0 rings (SSSR count). The molecule has 0 aromatic rings. The van der Waals surface area contributed by atoms with Crippen LogP contribution >= 0.6 is 12.4 Å². The zero-order chi connectivity index (χ0) is 12.1. The molecule has 16 heavy (non-hydrogen) atoms. The van der Waals surface area contributed by atoms with Crippen molar-refractivity contribution in [2.45, 2.75) is 39.3 Å². The van der Waals surface area contributed by atoms with E-state index < -0.39 is 23.7 Å². The molecule has 0 aliphatic rings. The van der Waals surface area contributed by atoms with Crippen molar-refractivity contribution in [3.05, 3.63) is 0 Å². The van der Waals surface area contributed by atoms with Gasteiger partial charge in [-0.1, -0.05) is 0 Å². The molecular formula is C9H19ClN2O4. The molecule has 1 atom stereocenters. The molecule has 0 aliphatic heterocycles. The van der Waals surface area contributed by atoms with Gasteiger partial charge in [-0.05, 0) is 27.7 Å². The van der Waals surface area contributed by atoms with Gasteiger partial charge in [0, 0.05) is 0 Å². The van der Waals surface area contributed by atoms with Crippen LogP contribution in [0, 0.1) is 0 Å². The standard InChI is InChI=1S/C9H18N2O4.ClH/c1-6(7(12)14-5)10-11-8(13)15-9(2,3)4;/h6,10H,1-5H3,(H,11,13);1H/t6-;/m0./s1. The Morgan fingerprint density at radius 2 is 1.75 bits per heavy atom. The molecule has 0 fully saturated rings. The van der Waals surface area contributed by atoms with Crippen LogP contribution in [0.3, 0.4) is 0 Å². The van der Waals surface area contributed by atoms with Crippen LogP contribution in [0.15, 0.2) is 0 Å². The highest BCUT2D eigenvalue weighted by Gasteiger charge is 2.18. The zero-order valence-corrected chi connectivity index (χ0v) is 10.9. The predicted octanol–water partition coefficient (Wildman–Crippen LogP) is 0.999. The summed E-state index contributed by atoms with van der Waals surface area (Å²) in [6.07, 6.45) is -0.641. The highest BCUT2D eigenvalue weighted by Crippen LogP contribution is 2.05. The number of hydrogen-bond acceptors (Lipinski definition) is 5. The van der Waals surface area contributed by atoms with Gasteiger partial charge in [0.15, 0.2) is 0 Å². The minimum absolute atomic E-state index is 0. The second kappa shape index (κ2) is 7.29. The second-order valence-corrected chi connectivity index (χ2v) is 4.02. The minimum atomic E-state index is -0.641. The molecule has 1 amide bonds. The molecule has 7 heteroatoms.